The summed E-state index contributed by atoms with van der Waals surface area (Å²) in [6.45, 7) is 4.03. The van der Waals surface area contributed by atoms with Crippen molar-refractivity contribution in [2.75, 3.05) is 10.6 Å². The van der Waals surface area contributed by atoms with Gasteiger partial charge in [0.2, 0.25) is 5.91 Å². The van der Waals surface area contributed by atoms with E-state index in [4.69, 9.17) is 0 Å². The average Bonchev–Trinajstić information content (AvgIpc) is 3.12. The van der Waals surface area contributed by atoms with Gasteiger partial charge in [-0.3, -0.25) is 10.1 Å². The Kier molecular flexibility index (Phi) is 7.03. The molecule has 28 heavy (non-hydrogen) atoms. The fourth-order valence-electron chi connectivity index (χ4n) is 3.39. The lowest BCUT2D eigenvalue weighted by atomic mass is 9.96. The summed E-state index contributed by atoms with van der Waals surface area (Å²) in [6.07, 6.45) is 6.60. The molecule has 0 aliphatic heterocycles. The molecule has 1 aliphatic carbocycles. The highest BCUT2D eigenvalue weighted by atomic mass is 32.1. The van der Waals surface area contributed by atoms with Crippen LogP contribution in [0.15, 0.2) is 23.6 Å². The molecule has 1 aliphatic rings. The van der Waals surface area contributed by atoms with Crippen LogP contribution >= 0.6 is 11.3 Å². The van der Waals surface area contributed by atoms with Crippen molar-refractivity contribution in [2.45, 2.75) is 64.8 Å². The zero-order valence-corrected chi connectivity index (χ0v) is 17.3. The van der Waals surface area contributed by atoms with Crippen LogP contribution in [0.1, 0.15) is 55.3 Å². The van der Waals surface area contributed by atoms with E-state index in [1.165, 1.54) is 30.6 Å². The van der Waals surface area contributed by atoms with Crippen LogP contribution in [0.25, 0.3) is 0 Å². The molecule has 3 amide bonds. The number of nitrogens with one attached hydrogen (secondary N) is 3. The van der Waals surface area contributed by atoms with Crippen LogP contribution in [-0.2, 0) is 11.2 Å². The Morgan fingerprint density at radius 2 is 1.93 bits per heavy atom. The first-order valence-corrected chi connectivity index (χ1v) is 10.8. The molecule has 6 nitrogen and oxygen atoms in total. The van der Waals surface area contributed by atoms with Gasteiger partial charge in [0.25, 0.3) is 0 Å². The van der Waals surface area contributed by atoms with Gasteiger partial charge in [0, 0.05) is 23.5 Å². The number of hydrogen-bond donors (Lipinski definition) is 3. The van der Waals surface area contributed by atoms with Crippen molar-refractivity contribution < 1.29 is 9.59 Å². The topological polar surface area (TPSA) is 83.1 Å². The number of amides is 3. The normalized spacial score (nSPS) is 14.5. The third kappa shape index (κ3) is 5.79. The van der Waals surface area contributed by atoms with Crippen molar-refractivity contribution in [3.05, 3.63) is 40.4 Å². The maximum atomic E-state index is 12.2. The van der Waals surface area contributed by atoms with Gasteiger partial charge in [-0.2, -0.15) is 0 Å². The SMILES string of the molecule is Cc1cccc(NC(=O)CCc2csc(NC(=O)NC3CCCCC3)n2)c1C. The number of aryl methyl sites for hydroxylation is 2. The molecular weight excluding hydrogens is 372 g/mol. The molecule has 1 aromatic heterocycles. The summed E-state index contributed by atoms with van der Waals surface area (Å²) in [6, 6.07) is 5.95. The van der Waals surface area contributed by atoms with Gasteiger partial charge < -0.3 is 10.6 Å². The molecule has 2 aromatic rings. The fraction of sp³-hybridized carbons (Fsp3) is 0.476. The molecule has 0 bridgehead atoms. The van der Waals surface area contributed by atoms with Crippen molar-refractivity contribution in [3.8, 4) is 0 Å². The van der Waals surface area contributed by atoms with Gasteiger partial charge in [0.15, 0.2) is 5.13 Å². The minimum absolute atomic E-state index is 0.0359. The number of thiazole rings is 1. The Bertz CT molecular complexity index is 828. The molecule has 0 saturated heterocycles. The Hall–Kier alpha value is -2.41. The van der Waals surface area contributed by atoms with Gasteiger partial charge in [-0.1, -0.05) is 31.4 Å². The predicted molar refractivity (Wildman–Crippen MR) is 114 cm³/mol. The van der Waals surface area contributed by atoms with Crippen LogP contribution < -0.4 is 16.0 Å². The third-order valence-corrected chi connectivity index (χ3v) is 6.01. The van der Waals surface area contributed by atoms with E-state index in [-0.39, 0.29) is 18.0 Å². The number of aromatic nitrogens is 1. The van der Waals surface area contributed by atoms with E-state index < -0.39 is 0 Å². The number of hydrogen-bond acceptors (Lipinski definition) is 4. The Labute approximate surface area is 170 Å². The summed E-state index contributed by atoms with van der Waals surface area (Å²) in [5.41, 5.74) is 3.90. The first-order chi connectivity index (χ1) is 13.5. The first kappa shape index (κ1) is 20.3. The van der Waals surface area contributed by atoms with Crippen LogP contribution in [0.2, 0.25) is 0 Å². The largest absolute Gasteiger partial charge is 0.335 e. The van der Waals surface area contributed by atoms with E-state index in [1.54, 1.807) is 0 Å². The number of rotatable bonds is 6. The summed E-state index contributed by atoms with van der Waals surface area (Å²) in [5.74, 6) is -0.0359. The minimum Gasteiger partial charge on any atom is -0.335 e. The lowest BCUT2D eigenvalue weighted by molar-refractivity contribution is -0.116. The van der Waals surface area contributed by atoms with E-state index in [0.29, 0.717) is 18.0 Å². The van der Waals surface area contributed by atoms with Gasteiger partial charge in [-0.05, 0) is 50.3 Å². The summed E-state index contributed by atoms with van der Waals surface area (Å²) in [5, 5.41) is 11.2. The zero-order chi connectivity index (χ0) is 19.9. The summed E-state index contributed by atoms with van der Waals surface area (Å²) >= 11 is 1.39. The molecule has 1 aromatic carbocycles. The Morgan fingerprint density at radius 3 is 2.71 bits per heavy atom. The van der Waals surface area contributed by atoms with Crippen LogP contribution in [0.3, 0.4) is 0 Å². The van der Waals surface area contributed by atoms with Crippen molar-refractivity contribution in [3.63, 3.8) is 0 Å². The van der Waals surface area contributed by atoms with Crippen LogP contribution in [0.5, 0.6) is 0 Å². The molecule has 3 N–H and O–H groups in total. The monoisotopic (exact) mass is 400 g/mol. The van der Waals surface area contributed by atoms with E-state index >= 15 is 0 Å². The van der Waals surface area contributed by atoms with Crippen molar-refractivity contribution in [2.24, 2.45) is 0 Å². The second-order valence-electron chi connectivity index (χ2n) is 7.37. The van der Waals surface area contributed by atoms with Crippen molar-refractivity contribution in [1.82, 2.24) is 10.3 Å². The second-order valence-corrected chi connectivity index (χ2v) is 8.23. The standard InChI is InChI=1S/C21H28N4O2S/c1-14-7-6-10-18(15(14)2)24-19(26)12-11-17-13-28-21(23-17)25-20(27)22-16-8-4-3-5-9-16/h6-7,10,13,16H,3-5,8-9,11-12H2,1-2H3,(H,24,26)(H2,22,23,25,27). The van der Waals surface area contributed by atoms with Crippen LogP contribution in [0, 0.1) is 13.8 Å². The van der Waals surface area contributed by atoms with Gasteiger partial charge in [-0.25, -0.2) is 9.78 Å². The molecule has 0 spiro atoms. The minimum atomic E-state index is -0.194. The number of carbonyl (C=O) groups excluding carboxylic acids is 2. The molecule has 0 unspecified atom stereocenters. The molecule has 150 valence electrons. The van der Waals surface area contributed by atoms with Gasteiger partial charge in [-0.15, -0.1) is 11.3 Å². The second kappa shape index (κ2) is 9.68. The smallest absolute Gasteiger partial charge is 0.321 e. The maximum Gasteiger partial charge on any atom is 0.321 e. The molecule has 1 saturated carbocycles. The average molecular weight is 401 g/mol. The van der Waals surface area contributed by atoms with Crippen LogP contribution in [0.4, 0.5) is 15.6 Å². The van der Waals surface area contributed by atoms with Gasteiger partial charge >= 0.3 is 6.03 Å². The highest BCUT2D eigenvalue weighted by molar-refractivity contribution is 7.13. The van der Waals surface area contributed by atoms with E-state index in [0.717, 1.165) is 35.3 Å². The molecule has 7 heteroatoms. The highest BCUT2D eigenvalue weighted by Gasteiger charge is 2.16. The maximum absolute atomic E-state index is 12.2. The van der Waals surface area contributed by atoms with Crippen molar-refractivity contribution in [1.29, 1.82) is 0 Å². The lowest BCUT2D eigenvalue weighted by Crippen LogP contribution is -2.38. The van der Waals surface area contributed by atoms with Gasteiger partial charge in [0.1, 0.15) is 0 Å². The van der Waals surface area contributed by atoms with E-state index in [9.17, 15) is 9.59 Å². The molecule has 3 rings (SSSR count). The Morgan fingerprint density at radius 1 is 1.14 bits per heavy atom. The number of anilines is 2. The molecule has 1 heterocycles. The summed E-state index contributed by atoms with van der Waals surface area (Å²) in [7, 11) is 0. The predicted octanol–water partition coefficient (Wildman–Crippen LogP) is 4.79. The number of nitrogens with zero attached hydrogens (tertiary/aromatic N) is 1. The highest BCUT2D eigenvalue weighted by Crippen LogP contribution is 2.20. The molecule has 1 fully saturated rings. The Balaban J connectivity index is 1.44. The molecular formula is C21H28N4O2S. The van der Waals surface area contributed by atoms with Crippen molar-refractivity contribution >= 4 is 34.1 Å². The zero-order valence-electron chi connectivity index (χ0n) is 16.5. The molecule has 0 atom stereocenters. The van der Waals surface area contributed by atoms with Gasteiger partial charge in [0.05, 0.1) is 5.69 Å². The lowest BCUT2D eigenvalue weighted by Gasteiger charge is -2.22. The summed E-state index contributed by atoms with van der Waals surface area (Å²) in [4.78, 5) is 28.8. The molecule has 0 radical (unpaired) electrons. The van der Waals surface area contributed by atoms with E-state index in [2.05, 4.69) is 20.9 Å². The van der Waals surface area contributed by atoms with E-state index in [1.807, 2.05) is 37.4 Å². The third-order valence-electron chi connectivity index (χ3n) is 5.20. The van der Waals surface area contributed by atoms with Crippen LogP contribution in [-0.4, -0.2) is 23.0 Å². The number of benzene rings is 1. The number of carbonyl (C=O) groups is 2. The number of urea groups is 1. The fourth-order valence-corrected chi connectivity index (χ4v) is 4.13. The first-order valence-electron chi connectivity index (χ1n) is 9.89. The summed E-state index contributed by atoms with van der Waals surface area (Å²) < 4.78 is 0. The quantitative estimate of drug-likeness (QED) is 0.652.